The van der Waals surface area contributed by atoms with E-state index in [4.69, 9.17) is 9.84 Å². The van der Waals surface area contributed by atoms with Crippen molar-refractivity contribution in [1.82, 2.24) is 4.72 Å². The van der Waals surface area contributed by atoms with Crippen LogP contribution in [0.15, 0.2) is 24.3 Å². The molecule has 1 heterocycles. The lowest BCUT2D eigenvalue weighted by atomic mass is 9.97. The third kappa shape index (κ3) is 3.91. The first-order valence-electron chi connectivity index (χ1n) is 7.84. The quantitative estimate of drug-likeness (QED) is 0.855. The molecule has 1 atom stereocenters. The number of carbonyl (C=O) groups is 1. The summed E-state index contributed by atoms with van der Waals surface area (Å²) < 4.78 is 33.2. The number of nitrogens with one attached hydrogen (secondary N) is 1. The molecule has 0 radical (unpaired) electrons. The van der Waals surface area contributed by atoms with Crippen LogP contribution in [-0.4, -0.2) is 37.7 Å². The summed E-state index contributed by atoms with van der Waals surface area (Å²) in [6.07, 6.45) is 5.02. The summed E-state index contributed by atoms with van der Waals surface area (Å²) in [6.45, 7) is 0.411. The highest BCUT2D eigenvalue weighted by molar-refractivity contribution is 7.88. The Morgan fingerprint density at radius 3 is 2.78 bits per heavy atom. The molecule has 1 aromatic rings. The van der Waals surface area contributed by atoms with Crippen molar-refractivity contribution in [3.05, 3.63) is 35.4 Å². The van der Waals surface area contributed by atoms with Crippen LogP contribution in [0.5, 0.6) is 0 Å². The number of benzene rings is 1. The Labute approximate surface area is 135 Å². The number of hydrogen-bond acceptors (Lipinski definition) is 4. The fourth-order valence-electron chi connectivity index (χ4n) is 3.60. The van der Waals surface area contributed by atoms with Gasteiger partial charge in [-0.3, -0.25) is 0 Å². The second kappa shape index (κ2) is 6.22. The Morgan fingerprint density at radius 1 is 1.35 bits per heavy atom. The average Bonchev–Trinajstić information content (AvgIpc) is 3.08. The first-order valence-corrected chi connectivity index (χ1v) is 9.49. The number of aromatic carboxylic acids is 1. The molecule has 1 aliphatic heterocycles. The largest absolute Gasteiger partial charge is 0.478 e. The molecule has 2 N–H and O–H groups in total. The fourth-order valence-corrected chi connectivity index (χ4v) is 4.96. The van der Waals surface area contributed by atoms with Crippen molar-refractivity contribution >= 4 is 16.0 Å². The van der Waals surface area contributed by atoms with Crippen LogP contribution in [0.1, 0.15) is 48.0 Å². The van der Waals surface area contributed by atoms with Gasteiger partial charge in [0.2, 0.25) is 10.0 Å². The summed E-state index contributed by atoms with van der Waals surface area (Å²) in [5.74, 6) is -1.29. The van der Waals surface area contributed by atoms with Gasteiger partial charge >= 0.3 is 5.97 Å². The molecule has 1 saturated heterocycles. The third-order valence-electron chi connectivity index (χ3n) is 4.60. The first kappa shape index (κ1) is 16.4. The van der Waals surface area contributed by atoms with Crippen LogP contribution in [0.4, 0.5) is 0 Å². The highest BCUT2D eigenvalue weighted by Crippen LogP contribution is 2.41. The maximum atomic E-state index is 12.3. The van der Waals surface area contributed by atoms with Gasteiger partial charge in [0.1, 0.15) is 0 Å². The van der Waals surface area contributed by atoms with Crippen molar-refractivity contribution in [2.45, 2.75) is 49.5 Å². The zero-order valence-corrected chi connectivity index (χ0v) is 13.6. The summed E-state index contributed by atoms with van der Waals surface area (Å²) in [5, 5.41) is 8.97. The summed E-state index contributed by atoms with van der Waals surface area (Å²) in [5.41, 5.74) is 0.426. The Kier molecular flexibility index (Phi) is 4.44. The smallest absolute Gasteiger partial charge is 0.335 e. The predicted molar refractivity (Wildman–Crippen MR) is 84.7 cm³/mol. The standard InChI is InChI=1S/C16H21NO5S/c18-15(19)13-5-3-4-12(8-13)11-23(20,21)17-14-9-16(22-10-14)6-1-2-7-16/h3-5,8,14,17H,1-2,6-7,9-11H2,(H,18,19). The molecule has 0 aromatic heterocycles. The summed E-state index contributed by atoms with van der Waals surface area (Å²) >= 11 is 0. The average molecular weight is 339 g/mol. The van der Waals surface area contributed by atoms with Crippen molar-refractivity contribution in [1.29, 1.82) is 0 Å². The Balaban J connectivity index is 1.63. The summed E-state index contributed by atoms with van der Waals surface area (Å²) in [6, 6.07) is 5.82. The maximum absolute atomic E-state index is 12.3. The van der Waals surface area contributed by atoms with Crippen molar-refractivity contribution in [3.63, 3.8) is 0 Å². The maximum Gasteiger partial charge on any atom is 0.335 e. The monoisotopic (exact) mass is 339 g/mol. The molecule has 1 unspecified atom stereocenters. The van der Waals surface area contributed by atoms with Crippen LogP contribution < -0.4 is 4.72 Å². The third-order valence-corrected chi connectivity index (χ3v) is 6.01. The Morgan fingerprint density at radius 2 is 2.09 bits per heavy atom. The normalized spacial score (nSPS) is 23.4. The lowest BCUT2D eigenvalue weighted by Gasteiger charge is -2.21. The number of sulfonamides is 1. The van der Waals surface area contributed by atoms with Gasteiger partial charge in [-0.15, -0.1) is 0 Å². The zero-order chi connectivity index (χ0) is 16.5. The molecule has 23 heavy (non-hydrogen) atoms. The van der Waals surface area contributed by atoms with Gasteiger partial charge in [0.25, 0.3) is 0 Å². The predicted octanol–water partition coefficient (Wildman–Crippen LogP) is 1.91. The SMILES string of the molecule is O=C(O)c1cccc(CS(=O)(=O)NC2COC3(CCCC3)C2)c1. The minimum atomic E-state index is -3.53. The van der Waals surface area contributed by atoms with Crippen LogP contribution in [0.3, 0.4) is 0 Å². The van der Waals surface area contributed by atoms with Gasteiger partial charge < -0.3 is 9.84 Å². The second-order valence-corrected chi connectivity index (χ2v) is 8.24. The molecule has 0 bridgehead atoms. The second-order valence-electron chi connectivity index (χ2n) is 6.48. The molecule has 1 aliphatic carbocycles. The number of hydrogen-bond donors (Lipinski definition) is 2. The molecule has 1 spiro atoms. The van der Waals surface area contributed by atoms with Gasteiger partial charge in [0, 0.05) is 6.04 Å². The van der Waals surface area contributed by atoms with E-state index >= 15 is 0 Å². The Bertz CT molecular complexity index is 694. The van der Waals surface area contributed by atoms with Crippen LogP contribution in [0.25, 0.3) is 0 Å². The summed E-state index contributed by atoms with van der Waals surface area (Å²) in [4.78, 5) is 11.0. The van der Waals surface area contributed by atoms with E-state index in [9.17, 15) is 13.2 Å². The van der Waals surface area contributed by atoms with Gasteiger partial charge in [-0.25, -0.2) is 17.9 Å². The van der Waals surface area contributed by atoms with Crippen molar-refractivity contribution in [2.24, 2.45) is 0 Å². The minimum absolute atomic E-state index is 0.0896. The van der Waals surface area contributed by atoms with E-state index in [2.05, 4.69) is 4.72 Å². The molecule has 7 heteroatoms. The van der Waals surface area contributed by atoms with Crippen molar-refractivity contribution in [3.8, 4) is 0 Å². The van der Waals surface area contributed by atoms with Crippen LogP contribution in [0.2, 0.25) is 0 Å². The van der Waals surface area contributed by atoms with Crippen molar-refractivity contribution in [2.75, 3.05) is 6.61 Å². The lowest BCUT2D eigenvalue weighted by Crippen LogP contribution is -2.37. The van der Waals surface area contributed by atoms with E-state index in [-0.39, 0.29) is 23.0 Å². The van der Waals surface area contributed by atoms with Crippen LogP contribution >= 0.6 is 0 Å². The molecule has 2 aliphatic rings. The highest BCUT2D eigenvalue weighted by atomic mass is 32.2. The molecule has 1 aromatic carbocycles. The summed E-state index contributed by atoms with van der Waals surface area (Å²) in [7, 11) is -3.53. The molecular formula is C16H21NO5S. The number of rotatable bonds is 5. The minimum Gasteiger partial charge on any atom is -0.478 e. The van der Waals surface area contributed by atoms with E-state index in [1.165, 1.54) is 12.1 Å². The van der Waals surface area contributed by atoms with Crippen LogP contribution in [-0.2, 0) is 20.5 Å². The van der Waals surface area contributed by atoms with Crippen LogP contribution in [0, 0.1) is 0 Å². The molecule has 1 saturated carbocycles. The number of carboxylic acid groups (broad SMARTS) is 1. The van der Waals surface area contributed by atoms with E-state index in [0.29, 0.717) is 12.2 Å². The number of ether oxygens (including phenoxy) is 1. The molecule has 6 nitrogen and oxygen atoms in total. The first-order chi connectivity index (χ1) is 10.9. The molecule has 2 fully saturated rings. The Hall–Kier alpha value is -1.44. The van der Waals surface area contributed by atoms with E-state index < -0.39 is 16.0 Å². The van der Waals surface area contributed by atoms with Crippen molar-refractivity contribution < 1.29 is 23.1 Å². The molecular weight excluding hydrogens is 318 g/mol. The van der Waals surface area contributed by atoms with E-state index in [1.54, 1.807) is 12.1 Å². The number of carboxylic acids is 1. The van der Waals surface area contributed by atoms with E-state index in [1.807, 2.05) is 0 Å². The zero-order valence-electron chi connectivity index (χ0n) is 12.8. The molecule has 0 amide bonds. The van der Waals surface area contributed by atoms with Gasteiger partial charge in [0.05, 0.1) is 23.5 Å². The van der Waals surface area contributed by atoms with Gasteiger partial charge in [-0.1, -0.05) is 25.0 Å². The van der Waals surface area contributed by atoms with Gasteiger partial charge in [0.15, 0.2) is 0 Å². The molecule has 3 rings (SSSR count). The highest BCUT2D eigenvalue weighted by Gasteiger charge is 2.43. The molecule has 126 valence electrons. The lowest BCUT2D eigenvalue weighted by molar-refractivity contribution is 0.0101. The van der Waals surface area contributed by atoms with Gasteiger partial charge in [-0.05, 0) is 37.0 Å². The topological polar surface area (TPSA) is 92.7 Å². The fraction of sp³-hybridized carbons (Fsp3) is 0.562. The van der Waals surface area contributed by atoms with E-state index in [0.717, 1.165) is 32.1 Å². The van der Waals surface area contributed by atoms with Gasteiger partial charge in [-0.2, -0.15) is 0 Å².